The molecule has 0 aliphatic rings. The number of aromatic nitrogens is 2. The Kier molecular flexibility index (Phi) is 2.52. The highest BCUT2D eigenvalue weighted by Crippen LogP contribution is 2.24. The quantitative estimate of drug-likeness (QED) is 0.802. The van der Waals surface area contributed by atoms with Gasteiger partial charge in [0.25, 0.3) is 5.56 Å². The molecule has 5 heteroatoms. The van der Waals surface area contributed by atoms with Crippen LogP contribution in [0.3, 0.4) is 0 Å². The third-order valence-electron chi connectivity index (χ3n) is 2.28. The first-order valence-corrected chi connectivity index (χ1v) is 4.60. The molecule has 0 spiro atoms. The second kappa shape index (κ2) is 3.84. The van der Waals surface area contributed by atoms with Gasteiger partial charge in [0.15, 0.2) is 0 Å². The van der Waals surface area contributed by atoms with E-state index in [9.17, 15) is 13.6 Å². The molecule has 0 aliphatic heterocycles. The largest absolute Gasteiger partial charge is 0.313 e. The van der Waals surface area contributed by atoms with Crippen LogP contribution in [0.2, 0.25) is 0 Å². The smallest absolute Gasteiger partial charge is 0.254 e. The standard InChI is InChI=1S/C11H8F2N2O/c1-6-10(14-5-15-11(6)16)9-7(12)3-2-4-8(9)13/h2-5H,1H3,(H,14,15,16). The number of nitrogens with one attached hydrogen (secondary N) is 1. The molecule has 0 unspecified atom stereocenters. The number of aromatic amines is 1. The SMILES string of the molecule is Cc1c(-c2c(F)cccc2F)nc[nH]c1=O. The van der Waals surface area contributed by atoms with Crippen molar-refractivity contribution in [2.75, 3.05) is 0 Å². The van der Waals surface area contributed by atoms with E-state index in [0.717, 1.165) is 18.5 Å². The molecular weight excluding hydrogens is 214 g/mol. The summed E-state index contributed by atoms with van der Waals surface area (Å²) in [5, 5.41) is 0. The summed E-state index contributed by atoms with van der Waals surface area (Å²) >= 11 is 0. The number of nitrogens with zero attached hydrogens (tertiary/aromatic N) is 1. The van der Waals surface area contributed by atoms with Gasteiger partial charge >= 0.3 is 0 Å². The first-order chi connectivity index (χ1) is 7.61. The Morgan fingerprint density at radius 1 is 1.25 bits per heavy atom. The molecule has 82 valence electrons. The number of halogens is 2. The molecule has 0 atom stereocenters. The fraction of sp³-hybridized carbons (Fsp3) is 0.0909. The highest BCUT2D eigenvalue weighted by atomic mass is 19.1. The summed E-state index contributed by atoms with van der Waals surface area (Å²) in [6, 6.07) is 3.51. The van der Waals surface area contributed by atoms with Gasteiger partial charge in [-0.2, -0.15) is 0 Å². The van der Waals surface area contributed by atoms with E-state index in [1.807, 2.05) is 0 Å². The van der Waals surface area contributed by atoms with Crippen molar-refractivity contribution in [2.45, 2.75) is 6.92 Å². The van der Waals surface area contributed by atoms with Crippen LogP contribution in [0.5, 0.6) is 0 Å². The average Bonchev–Trinajstić information content (AvgIpc) is 2.24. The number of H-pyrrole nitrogens is 1. The predicted octanol–water partition coefficient (Wildman–Crippen LogP) is 2.02. The van der Waals surface area contributed by atoms with Crippen LogP contribution in [-0.2, 0) is 0 Å². The minimum absolute atomic E-state index is 0.0272. The highest BCUT2D eigenvalue weighted by Gasteiger charge is 2.15. The summed E-state index contributed by atoms with van der Waals surface area (Å²) < 4.78 is 26.9. The zero-order valence-electron chi connectivity index (χ0n) is 8.42. The fourth-order valence-electron chi connectivity index (χ4n) is 1.44. The molecule has 0 amide bonds. The van der Waals surface area contributed by atoms with Gasteiger partial charge in [0.1, 0.15) is 11.6 Å². The molecule has 0 aliphatic carbocycles. The van der Waals surface area contributed by atoms with E-state index in [-0.39, 0.29) is 16.8 Å². The summed E-state index contributed by atoms with van der Waals surface area (Å²) in [6.45, 7) is 1.47. The van der Waals surface area contributed by atoms with Crippen LogP contribution in [0.4, 0.5) is 8.78 Å². The zero-order valence-corrected chi connectivity index (χ0v) is 8.42. The lowest BCUT2D eigenvalue weighted by molar-refractivity contribution is 0.588. The minimum Gasteiger partial charge on any atom is -0.313 e. The Balaban J connectivity index is 2.78. The molecule has 0 saturated heterocycles. The third-order valence-corrected chi connectivity index (χ3v) is 2.28. The Morgan fingerprint density at radius 3 is 2.50 bits per heavy atom. The first-order valence-electron chi connectivity index (χ1n) is 4.60. The van der Waals surface area contributed by atoms with E-state index in [4.69, 9.17) is 0 Å². The summed E-state index contributed by atoms with van der Waals surface area (Å²) in [4.78, 5) is 17.4. The highest BCUT2D eigenvalue weighted by molar-refractivity contribution is 5.63. The van der Waals surface area contributed by atoms with E-state index in [1.54, 1.807) is 0 Å². The van der Waals surface area contributed by atoms with Gasteiger partial charge in [-0.25, -0.2) is 13.8 Å². The maximum absolute atomic E-state index is 13.5. The van der Waals surface area contributed by atoms with E-state index < -0.39 is 17.2 Å². The van der Waals surface area contributed by atoms with Gasteiger partial charge in [-0.1, -0.05) is 6.07 Å². The van der Waals surface area contributed by atoms with E-state index in [2.05, 4.69) is 9.97 Å². The fourth-order valence-corrected chi connectivity index (χ4v) is 1.44. The Hall–Kier alpha value is -2.04. The number of rotatable bonds is 1. The van der Waals surface area contributed by atoms with Crippen LogP contribution >= 0.6 is 0 Å². The average molecular weight is 222 g/mol. The molecule has 0 radical (unpaired) electrons. The van der Waals surface area contributed by atoms with Crippen LogP contribution in [-0.4, -0.2) is 9.97 Å². The van der Waals surface area contributed by atoms with Crippen molar-refractivity contribution in [1.82, 2.24) is 9.97 Å². The second-order valence-corrected chi connectivity index (χ2v) is 3.30. The van der Waals surface area contributed by atoms with Crippen molar-refractivity contribution >= 4 is 0 Å². The summed E-state index contributed by atoms with van der Waals surface area (Å²) in [7, 11) is 0. The molecule has 2 aromatic rings. The molecule has 2 rings (SSSR count). The van der Waals surface area contributed by atoms with Crippen LogP contribution < -0.4 is 5.56 Å². The normalized spacial score (nSPS) is 10.4. The van der Waals surface area contributed by atoms with Crippen molar-refractivity contribution in [2.24, 2.45) is 0 Å². The van der Waals surface area contributed by atoms with Gasteiger partial charge < -0.3 is 4.98 Å². The van der Waals surface area contributed by atoms with Crippen LogP contribution in [0.15, 0.2) is 29.3 Å². The zero-order chi connectivity index (χ0) is 11.7. The van der Waals surface area contributed by atoms with E-state index >= 15 is 0 Å². The maximum atomic E-state index is 13.5. The monoisotopic (exact) mass is 222 g/mol. The van der Waals surface area contributed by atoms with Gasteiger partial charge in [-0.15, -0.1) is 0 Å². The molecule has 0 fully saturated rings. The Morgan fingerprint density at radius 2 is 1.88 bits per heavy atom. The van der Waals surface area contributed by atoms with Crippen LogP contribution in [0, 0.1) is 18.6 Å². The molecule has 1 N–H and O–H groups in total. The van der Waals surface area contributed by atoms with Crippen molar-refractivity contribution in [3.63, 3.8) is 0 Å². The van der Waals surface area contributed by atoms with Gasteiger partial charge in [-0.3, -0.25) is 4.79 Å². The Labute approximate surface area is 89.8 Å². The molecule has 3 nitrogen and oxygen atoms in total. The van der Waals surface area contributed by atoms with Gasteiger partial charge in [0, 0.05) is 5.56 Å². The molecule has 1 aromatic heterocycles. The van der Waals surface area contributed by atoms with Crippen LogP contribution in [0.25, 0.3) is 11.3 Å². The maximum Gasteiger partial charge on any atom is 0.254 e. The van der Waals surface area contributed by atoms with Crippen molar-refractivity contribution < 1.29 is 8.78 Å². The number of benzene rings is 1. The number of hydrogen-bond donors (Lipinski definition) is 1. The minimum atomic E-state index is -0.735. The Bertz CT molecular complexity index is 573. The van der Waals surface area contributed by atoms with E-state index in [1.165, 1.54) is 13.0 Å². The second-order valence-electron chi connectivity index (χ2n) is 3.30. The molecule has 16 heavy (non-hydrogen) atoms. The molecular formula is C11H8F2N2O. The first kappa shape index (κ1) is 10.5. The van der Waals surface area contributed by atoms with Gasteiger partial charge in [-0.05, 0) is 19.1 Å². The third kappa shape index (κ3) is 1.60. The molecule has 0 bridgehead atoms. The number of hydrogen-bond acceptors (Lipinski definition) is 2. The van der Waals surface area contributed by atoms with E-state index in [0.29, 0.717) is 0 Å². The van der Waals surface area contributed by atoms with Gasteiger partial charge in [0.05, 0.1) is 17.6 Å². The molecule has 1 heterocycles. The molecule has 0 saturated carbocycles. The topological polar surface area (TPSA) is 45.8 Å². The van der Waals surface area contributed by atoms with Crippen molar-refractivity contribution in [3.8, 4) is 11.3 Å². The lowest BCUT2D eigenvalue weighted by Gasteiger charge is -2.05. The van der Waals surface area contributed by atoms with Crippen LogP contribution in [0.1, 0.15) is 5.56 Å². The van der Waals surface area contributed by atoms with Gasteiger partial charge in [0.2, 0.25) is 0 Å². The lowest BCUT2D eigenvalue weighted by Crippen LogP contribution is -2.12. The lowest BCUT2D eigenvalue weighted by atomic mass is 10.1. The molecule has 1 aromatic carbocycles. The summed E-state index contributed by atoms with van der Waals surface area (Å²) in [5.41, 5.74) is -0.468. The van der Waals surface area contributed by atoms with Crippen molar-refractivity contribution in [1.29, 1.82) is 0 Å². The summed E-state index contributed by atoms with van der Waals surface area (Å²) in [6.07, 6.45) is 1.12. The predicted molar refractivity (Wildman–Crippen MR) is 54.9 cm³/mol. The van der Waals surface area contributed by atoms with Crippen molar-refractivity contribution in [3.05, 3.63) is 52.1 Å². The summed E-state index contributed by atoms with van der Waals surface area (Å²) in [5.74, 6) is -1.47.